The second kappa shape index (κ2) is 5.39. The molecule has 0 heterocycles. The summed E-state index contributed by atoms with van der Waals surface area (Å²) in [6, 6.07) is 0. The van der Waals surface area contributed by atoms with Gasteiger partial charge in [0.1, 0.15) is 0 Å². The van der Waals surface area contributed by atoms with Crippen molar-refractivity contribution < 1.29 is 19.8 Å². The van der Waals surface area contributed by atoms with Crippen molar-refractivity contribution in [1.82, 2.24) is 0 Å². The Hall–Kier alpha value is -0.398. The topological polar surface area (TPSA) is 74.6 Å². The minimum atomic E-state index is -1.27. The van der Waals surface area contributed by atoms with Gasteiger partial charge in [0.15, 0.2) is 0 Å². The number of carboxylic acid groups (broad SMARTS) is 2. The monoisotopic (exact) mass is 338 g/mol. The van der Waals surface area contributed by atoms with Crippen LogP contribution in [0.1, 0.15) is 6.42 Å². The summed E-state index contributed by atoms with van der Waals surface area (Å²) in [5.74, 6) is -2.44. The molecule has 0 atom stereocenters. The summed E-state index contributed by atoms with van der Waals surface area (Å²) < 4.78 is 0. The van der Waals surface area contributed by atoms with E-state index < -0.39 is 18.4 Å². The summed E-state index contributed by atoms with van der Waals surface area (Å²) in [7, 11) is 0. The van der Waals surface area contributed by atoms with E-state index >= 15 is 0 Å². The van der Waals surface area contributed by atoms with Crippen LogP contribution >= 0.6 is 0 Å². The van der Waals surface area contributed by atoms with Gasteiger partial charge in [0.2, 0.25) is 0 Å². The van der Waals surface area contributed by atoms with Crippen LogP contribution in [0.2, 0.25) is 0 Å². The van der Waals surface area contributed by atoms with E-state index in [-0.39, 0.29) is 32.9 Å². The predicted octanol–water partition coefficient (Wildman–Crippen LogP) is -0.279. The Bertz CT molecular complexity index is 163. The zero-order chi connectivity index (χ0) is 7.44. The Morgan fingerprint density at radius 1 is 1.30 bits per heavy atom. The summed E-state index contributed by atoms with van der Waals surface area (Å²) in [6.07, 6.45) is -0.505. The molecule has 0 fully saturated rings. The van der Waals surface area contributed by atoms with Gasteiger partial charge < -0.3 is 10.2 Å². The molecule has 4 radical (unpaired) electrons. The van der Waals surface area contributed by atoms with E-state index in [1.807, 2.05) is 0 Å². The number of carboxylic acids is 2. The Morgan fingerprint density at radius 3 is 1.80 bits per heavy atom. The molecule has 0 spiro atoms. The molecule has 10 heavy (non-hydrogen) atoms. The first-order valence-electron chi connectivity index (χ1n) is 2.17. The molecule has 0 bridgehead atoms. The number of rotatable bonds is 3. The van der Waals surface area contributed by atoms with Crippen molar-refractivity contribution in [2.24, 2.45) is 0 Å². The molecule has 0 rings (SSSR count). The van der Waals surface area contributed by atoms with E-state index in [1.54, 1.807) is 0 Å². The van der Waals surface area contributed by atoms with Crippen LogP contribution in [0.5, 0.6) is 0 Å². The Labute approximate surface area is 77.7 Å². The fourth-order valence-corrected chi connectivity index (χ4v) is 0.258. The summed E-state index contributed by atoms with van der Waals surface area (Å²) >= 11 is 0. The molecule has 0 aliphatic heterocycles. The van der Waals surface area contributed by atoms with Gasteiger partial charge in [-0.2, -0.15) is 0 Å². The van der Waals surface area contributed by atoms with Gasteiger partial charge in [-0.25, -0.2) is 4.79 Å². The fraction of sp³-hybridized carbons (Fsp3) is 0.200. The third-order valence-corrected chi connectivity index (χ3v) is 0.667. The van der Waals surface area contributed by atoms with E-state index in [0.717, 1.165) is 0 Å². The second-order valence-electron chi connectivity index (χ2n) is 1.48. The number of aliphatic carboxylic acids is 2. The van der Waals surface area contributed by atoms with Gasteiger partial charge in [0.25, 0.3) is 0 Å². The molecule has 0 unspecified atom stereocenters. The Kier molecular flexibility index (Phi) is 6.63. The van der Waals surface area contributed by atoms with Crippen LogP contribution in [-0.2, 0) is 9.59 Å². The molecule has 0 saturated heterocycles. The molecular formula is C5H6O4Pb. The summed E-state index contributed by atoms with van der Waals surface area (Å²) in [6.45, 7) is 3.01. The third-order valence-electron chi connectivity index (χ3n) is 0.667. The fourth-order valence-electron chi connectivity index (χ4n) is 0.258. The molecule has 0 amide bonds. The van der Waals surface area contributed by atoms with E-state index in [4.69, 9.17) is 10.2 Å². The van der Waals surface area contributed by atoms with Gasteiger partial charge in [0.05, 0.1) is 6.42 Å². The van der Waals surface area contributed by atoms with Crippen LogP contribution in [0.15, 0.2) is 12.2 Å². The average Bonchev–Trinajstić information content (AvgIpc) is 1.63. The summed E-state index contributed by atoms with van der Waals surface area (Å²) in [5, 5.41) is 16.1. The van der Waals surface area contributed by atoms with E-state index in [1.165, 1.54) is 0 Å². The summed E-state index contributed by atoms with van der Waals surface area (Å²) in [4.78, 5) is 19.7. The Morgan fingerprint density at radius 2 is 1.70 bits per heavy atom. The molecule has 0 saturated carbocycles. The van der Waals surface area contributed by atoms with Crippen LogP contribution in [0, 0.1) is 0 Å². The maximum atomic E-state index is 9.87. The van der Waals surface area contributed by atoms with Crippen molar-refractivity contribution in [1.29, 1.82) is 0 Å². The number of carbonyl (C=O) groups is 2. The average molecular weight is 337 g/mol. The minimum absolute atomic E-state index is 0. The quantitative estimate of drug-likeness (QED) is 0.549. The molecule has 5 heteroatoms. The van der Waals surface area contributed by atoms with E-state index in [0.29, 0.717) is 0 Å². The molecular weight excluding hydrogens is 331 g/mol. The van der Waals surface area contributed by atoms with Crippen molar-refractivity contribution in [3.8, 4) is 0 Å². The molecule has 4 nitrogen and oxygen atoms in total. The van der Waals surface area contributed by atoms with Crippen molar-refractivity contribution in [2.45, 2.75) is 6.42 Å². The maximum absolute atomic E-state index is 9.87. The molecule has 0 aliphatic rings. The smallest absolute Gasteiger partial charge is 0.331 e. The largest absolute Gasteiger partial charge is 0.481 e. The molecule has 0 aromatic carbocycles. The molecule has 2 N–H and O–H groups in total. The normalized spacial score (nSPS) is 7.60. The van der Waals surface area contributed by atoms with E-state index in [9.17, 15) is 9.59 Å². The molecule has 0 aromatic heterocycles. The zero-order valence-electron chi connectivity index (χ0n) is 5.13. The SMILES string of the molecule is C=C(CC(=O)O)C(=O)O.[Pb]. The molecule has 0 aromatic rings. The molecule has 54 valence electrons. The Balaban J connectivity index is 0. The number of hydrogen-bond acceptors (Lipinski definition) is 2. The van der Waals surface area contributed by atoms with Gasteiger partial charge in [-0.05, 0) is 0 Å². The van der Waals surface area contributed by atoms with E-state index in [2.05, 4.69) is 6.58 Å². The zero-order valence-corrected chi connectivity index (χ0v) is 9.01. The predicted molar refractivity (Wildman–Crippen MR) is 34.8 cm³/mol. The van der Waals surface area contributed by atoms with Gasteiger partial charge >= 0.3 is 11.9 Å². The van der Waals surface area contributed by atoms with Crippen molar-refractivity contribution in [3.63, 3.8) is 0 Å². The first kappa shape index (κ1) is 12.3. The van der Waals surface area contributed by atoms with Crippen LogP contribution in [-0.4, -0.2) is 49.5 Å². The van der Waals surface area contributed by atoms with Crippen LogP contribution in [0.25, 0.3) is 0 Å². The van der Waals surface area contributed by atoms with Crippen LogP contribution < -0.4 is 0 Å². The second-order valence-corrected chi connectivity index (χ2v) is 1.48. The maximum Gasteiger partial charge on any atom is 0.331 e. The van der Waals surface area contributed by atoms with Crippen LogP contribution in [0.4, 0.5) is 0 Å². The third kappa shape index (κ3) is 5.73. The molecule has 0 aliphatic carbocycles. The van der Waals surface area contributed by atoms with Gasteiger partial charge in [0, 0.05) is 32.9 Å². The van der Waals surface area contributed by atoms with Crippen molar-refractivity contribution >= 4 is 39.2 Å². The first-order chi connectivity index (χ1) is 4.04. The van der Waals surface area contributed by atoms with Crippen LogP contribution in [0.3, 0.4) is 0 Å². The van der Waals surface area contributed by atoms with Gasteiger partial charge in [-0.15, -0.1) is 0 Å². The van der Waals surface area contributed by atoms with Gasteiger partial charge in [-0.1, -0.05) is 6.58 Å². The first-order valence-corrected chi connectivity index (χ1v) is 2.17. The van der Waals surface area contributed by atoms with Crippen molar-refractivity contribution in [3.05, 3.63) is 12.2 Å². The van der Waals surface area contributed by atoms with Gasteiger partial charge in [-0.3, -0.25) is 4.79 Å². The standard InChI is InChI=1S/C5H6O4.Pb/c1-3(5(8)9)2-4(6)7;/h1-2H2,(H,6,7)(H,8,9);. The van der Waals surface area contributed by atoms with Crippen molar-refractivity contribution in [2.75, 3.05) is 0 Å². The number of hydrogen-bond donors (Lipinski definition) is 2. The summed E-state index contributed by atoms with van der Waals surface area (Å²) in [5.41, 5.74) is -0.303. The minimum Gasteiger partial charge on any atom is -0.481 e.